The molecule has 3 rings (SSSR count). The number of nitrogens with zero attached hydrogens (tertiary/aromatic N) is 1. The van der Waals surface area contributed by atoms with Gasteiger partial charge >= 0.3 is 0 Å². The maximum atomic E-state index is 12.0. The summed E-state index contributed by atoms with van der Waals surface area (Å²) in [6.07, 6.45) is 0. The average molecular weight is 354 g/mol. The van der Waals surface area contributed by atoms with Crippen LogP contribution in [0.4, 0.5) is 11.6 Å². The predicted molar refractivity (Wildman–Crippen MR) is 102 cm³/mol. The summed E-state index contributed by atoms with van der Waals surface area (Å²) in [5.74, 6) is 0.468. The van der Waals surface area contributed by atoms with E-state index in [9.17, 15) is 9.59 Å². The number of imidazole rings is 1. The minimum atomic E-state index is -0.201. The summed E-state index contributed by atoms with van der Waals surface area (Å²) in [7, 11) is 0. The van der Waals surface area contributed by atoms with E-state index in [2.05, 4.69) is 20.6 Å². The van der Waals surface area contributed by atoms with Crippen molar-refractivity contribution >= 4 is 46.2 Å². The number of anilines is 2. The van der Waals surface area contributed by atoms with Crippen LogP contribution in [0.5, 0.6) is 0 Å². The first-order valence-electron chi connectivity index (χ1n) is 7.79. The lowest BCUT2D eigenvalue weighted by molar-refractivity contribution is -0.114. The number of aryl methyl sites for hydroxylation is 1. The van der Waals surface area contributed by atoms with Gasteiger partial charge in [-0.2, -0.15) is 0 Å². The Bertz CT molecular complexity index is 874. The molecule has 7 heteroatoms. The number of nitrogens with one attached hydrogen (secondary N) is 3. The molecule has 0 saturated carbocycles. The average Bonchev–Trinajstić information content (AvgIpc) is 2.96. The van der Waals surface area contributed by atoms with Crippen LogP contribution < -0.4 is 10.6 Å². The van der Waals surface area contributed by atoms with Gasteiger partial charge in [-0.1, -0.05) is 24.3 Å². The number of thioether (sulfide) groups is 1. The minimum Gasteiger partial charge on any atom is -0.325 e. The first-order chi connectivity index (χ1) is 12.1. The highest BCUT2D eigenvalue weighted by atomic mass is 32.2. The van der Waals surface area contributed by atoms with E-state index in [1.807, 2.05) is 55.5 Å². The van der Waals surface area contributed by atoms with E-state index >= 15 is 0 Å². The predicted octanol–water partition coefficient (Wildman–Crippen LogP) is 3.18. The zero-order valence-electron chi connectivity index (χ0n) is 13.7. The van der Waals surface area contributed by atoms with Crippen LogP contribution in [0.15, 0.2) is 48.5 Å². The van der Waals surface area contributed by atoms with Gasteiger partial charge in [0.25, 0.3) is 0 Å². The van der Waals surface area contributed by atoms with Crippen LogP contribution in [0.2, 0.25) is 0 Å². The topological polar surface area (TPSA) is 86.9 Å². The molecule has 0 aliphatic rings. The third kappa shape index (κ3) is 4.84. The number of para-hydroxylation sites is 2. The van der Waals surface area contributed by atoms with Crippen molar-refractivity contribution in [2.45, 2.75) is 6.92 Å². The van der Waals surface area contributed by atoms with Crippen LogP contribution in [0.3, 0.4) is 0 Å². The Morgan fingerprint density at radius 2 is 1.80 bits per heavy atom. The molecule has 0 spiro atoms. The lowest BCUT2D eigenvalue weighted by atomic mass is 10.2. The molecule has 0 aliphatic carbocycles. The molecular formula is C18H18N4O2S. The van der Waals surface area contributed by atoms with E-state index in [1.165, 1.54) is 11.8 Å². The van der Waals surface area contributed by atoms with E-state index < -0.39 is 0 Å². The summed E-state index contributed by atoms with van der Waals surface area (Å²) in [5, 5.41) is 5.52. The van der Waals surface area contributed by atoms with Gasteiger partial charge in [-0.15, -0.1) is 11.8 Å². The standard InChI is InChI=1S/C18H18N4O2S/c1-12-5-4-6-13(9-12)19-16(23)10-25-11-17(24)22-18-20-14-7-2-3-8-15(14)21-18/h2-9H,10-11H2,1H3,(H,19,23)(H2,20,21,22,24). The van der Waals surface area contributed by atoms with Crippen molar-refractivity contribution in [2.24, 2.45) is 0 Å². The Labute approximate surface area is 149 Å². The number of H-pyrrole nitrogens is 1. The van der Waals surface area contributed by atoms with Crippen LogP contribution in [0.25, 0.3) is 11.0 Å². The van der Waals surface area contributed by atoms with Crippen molar-refractivity contribution in [3.63, 3.8) is 0 Å². The quantitative estimate of drug-likeness (QED) is 0.634. The van der Waals surface area contributed by atoms with E-state index in [1.54, 1.807) is 0 Å². The highest BCUT2D eigenvalue weighted by Gasteiger charge is 2.09. The fourth-order valence-electron chi connectivity index (χ4n) is 2.34. The fourth-order valence-corrected chi connectivity index (χ4v) is 2.95. The van der Waals surface area contributed by atoms with Gasteiger partial charge in [-0.25, -0.2) is 4.98 Å². The summed E-state index contributed by atoms with van der Waals surface area (Å²) in [6.45, 7) is 1.97. The Morgan fingerprint density at radius 3 is 2.56 bits per heavy atom. The van der Waals surface area contributed by atoms with E-state index in [0.717, 1.165) is 22.3 Å². The molecule has 1 aromatic heterocycles. The van der Waals surface area contributed by atoms with Crippen LogP contribution in [0, 0.1) is 6.92 Å². The van der Waals surface area contributed by atoms with E-state index in [0.29, 0.717) is 5.95 Å². The summed E-state index contributed by atoms with van der Waals surface area (Å²) in [5.41, 5.74) is 3.50. The molecule has 0 saturated heterocycles. The molecule has 0 radical (unpaired) electrons. The largest absolute Gasteiger partial charge is 0.325 e. The van der Waals surface area contributed by atoms with Crippen molar-refractivity contribution in [1.82, 2.24) is 9.97 Å². The molecule has 0 aliphatic heterocycles. The fraction of sp³-hybridized carbons (Fsp3) is 0.167. The van der Waals surface area contributed by atoms with Crippen molar-refractivity contribution in [3.8, 4) is 0 Å². The second kappa shape index (κ2) is 7.85. The SMILES string of the molecule is Cc1cccc(NC(=O)CSCC(=O)Nc2nc3ccccc3[nH]2)c1. The molecule has 1 heterocycles. The lowest BCUT2D eigenvalue weighted by Gasteiger charge is -2.06. The monoisotopic (exact) mass is 354 g/mol. The van der Waals surface area contributed by atoms with Crippen LogP contribution in [0.1, 0.15) is 5.56 Å². The molecule has 2 aromatic carbocycles. The zero-order chi connectivity index (χ0) is 17.6. The lowest BCUT2D eigenvalue weighted by Crippen LogP contribution is -2.18. The van der Waals surface area contributed by atoms with Gasteiger partial charge in [0.05, 0.1) is 22.5 Å². The summed E-state index contributed by atoms with van der Waals surface area (Å²) in [6, 6.07) is 15.1. The molecule has 0 fully saturated rings. The molecule has 3 N–H and O–H groups in total. The number of carbonyl (C=O) groups is 2. The molecule has 0 unspecified atom stereocenters. The Morgan fingerprint density at radius 1 is 1.04 bits per heavy atom. The molecule has 3 aromatic rings. The maximum absolute atomic E-state index is 12.0. The van der Waals surface area contributed by atoms with Gasteiger partial charge in [0, 0.05) is 5.69 Å². The van der Waals surface area contributed by atoms with Gasteiger partial charge in [0.2, 0.25) is 17.8 Å². The minimum absolute atomic E-state index is 0.132. The smallest absolute Gasteiger partial charge is 0.236 e. The normalized spacial score (nSPS) is 10.6. The number of rotatable bonds is 6. The molecule has 128 valence electrons. The highest BCUT2D eigenvalue weighted by Crippen LogP contribution is 2.14. The number of hydrogen-bond donors (Lipinski definition) is 3. The Balaban J connectivity index is 1.43. The first kappa shape index (κ1) is 17.0. The first-order valence-corrected chi connectivity index (χ1v) is 8.94. The van der Waals surface area contributed by atoms with Gasteiger partial charge in [0.1, 0.15) is 0 Å². The van der Waals surface area contributed by atoms with Crippen molar-refractivity contribution in [3.05, 3.63) is 54.1 Å². The number of aromatic nitrogens is 2. The summed E-state index contributed by atoms with van der Waals surface area (Å²) < 4.78 is 0. The maximum Gasteiger partial charge on any atom is 0.236 e. The number of hydrogen-bond acceptors (Lipinski definition) is 4. The van der Waals surface area contributed by atoms with Crippen LogP contribution >= 0.6 is 11.8 Å². The van der Waals surface area contributed by atoms with Gasteiger partial charge < -0.3 is 10.3 Å². The molecule has 0 bridgehead atoms. The Kier molecular flexibility index (Phi) is 5.35. The molecule has 0 atom stereocenters. The summed E-state index contributed by atoms with van der Waals surface area (Å²) >= 11 is 1.25. The number of aromatic amines is 1. The zero-order valence-corrected chi connectivity index (χ0v) is 14.5. The van der Waals surface area contributed by atoms with Gasteiger partial charge in [-0.3, -0.25) is 14.9 Å². The van der Waals surface area contributed by atoms with Crippen LogP contribution in [-0.2, 0) is 9.59 Å². The van der Waals surface area contributed by atoms with Crippen molar-refractivity contribution in [1.29, 1.82) is 0 Å². The number of fused-ring (bicyclic) bond motifs is 1. The third-order valence-electron chi connectivity index (χ3n) is 3.42. The van der Waals surface area contributed by atoms with Crippen molar-refractivity contribution < 1.29 is 9.59 Å². The van der Waals surface area contributed by atoms with Gasteiger partial charge in [0.15, 0.2) is 0 Å². The number of benzene rings is 2. The third-order valence-corrected chi connectivity index (χ3v) is 4.35. The number of carbonyl (C=O) groups excluding carboxylic acids is 2. The summed E-state index contributed by atoms with van der Waals surface area (Å²) in [4.78, 5) is 31.2. The molecule has 2 amide bonds. The molecule has 6 nitrogen and oxygen atoms in total. The highest BCUT2D eigenvalue weighted by molar-refractivity contribution is 8.00. The number of amides is 2. The van der Waals surface area contributed by atoms with E-state index in [-0.39, 0.29) is 23.3 Å². The van der Waals surface area contributed by atoms with E-state index in [4.69, 9.17) is 0 Å². The second-order valence-electron chi connectivity index (χ2n) is 5.56. The van der Waals surface area contributed by atoms with Crippen molar-refractivity contribution in [2.75, 3.05) is 22.1 Å². The molecule has 25 heavy (non-hydrogen) atoms. The second-order valence-corrected chi connectivity index (χ2v) is 6.55. The van der Waals surface area contributed by atoms with Gasteiger partial charge in [-0.05, 0) is 36.8 Å². The van der Waals surface area contributed by atoms with Crippen LogP contribution in [-0.4, -0.2) is 33.3 Å². The Hall–Kier alpha value is -2.80. The molecular weight excluding hydrogens is 336 g/mol.